The van der Waals surface area contributed by atoms with Gasteiger partial charge in [-0.2, -0.15) is 0 Å². The Labute approximate surface area is 109 Å². The molecule has 0 radical (unpaired) electrons. The van der Waals surface area contributed by atoms with E-state index < -0.39 is 11.6 Å². The average Bonchev–Trinajstić information content (AvgIpc) is 2.43. The molecule has 1 aromatic carbocycles. The highest BCUT2D eigenvalue weighted by Gasteiger charge is 2.17. The van der Waals surface area contributed by atoms with Crippen LogP contribution in [0.15, 0.2) is 36.4 Å². The van der Waals surface area contributed by atoms with Crippen molar-refractivity contribution < 1.29 is 8.78 Å². The Morgan fingerprint density at radius 3 is 2.47 bits per heavy atom. The molecule has 3 N–H and O–H groups in total. The van der Waals surface area contributed by atoms with E-state index in [9.17, 15) is 8.78 Å². The number of halogens is 2. The smallest absolute Gasteiger partial charge is 0.178 e. The van der Waals surface area contributed by atoms with E-state index in [4.69, 9.17) is 5.84 Å². The summed E-state index contributed by atoms with van der Waals surface area (Å²) >= 11 is 0. The second-order valence-electron chi connectivity index (χ2n) is 3.85. The van der Waals surface area contributed by atoms with Crippen molar-refractivity contribution in [3.8, 4) is 0 Å². The predicted molar refractivity (Wildman–Crippen MR) is 71.1 cm³/mol. The van der Waals surface area contributed by atoms with Crippen molar-refractivity contribution in [2.45, 2.75) is 6.92 Å². The molecule has 0 saturated heterocycles. The zero-order chi connectivity index (χ0) is 13.8. The number of nitrogens with zero attached hydrogens (tertiary/aromatic N) is 2. The summed E-state index contributed by atoms with van der Waals surface area (Å²) in [5.74, 6) is 3.44. The molecule has 0 unspecified atom stereocenters. The van der Waals surface area contributed by atoms with Crippen molar-refractivity contribution >= 4 is 17.3 Å². The van der Waals surface area contributed by atoms with Crippen molar-refractivity contribution in [3.63, 3.8) is 0 Å². The number of hydrogen-bond acceptors (Lipinski definition) is 4. The average molecular weight is 264 g/mol. The van der Waals surface area contributed by atoms with Crippen LogP contribution >= 0.6 is 0 Å². The SMILES string of the molecule is CCN(c1ccccc1)c1nc(NN)c(F)cc1F. The normalized spacial score (nSPS) is 10.3. The van der Waals surface area contributed by atoms with Crippen LogP contribution in [0.1, 0.15) is 6.92 Å². The summed E-state index contributed by atoms with van der Waals surface area (Å²) in [6.45, 7) is 2.34. The third kappa shape index (κ3) is 2.63. The fraction of sp³-hybridized carbons (Fsp3) is 0.154. The number of benzene rings is 1. The molecule has 2 rings (SSSR count). The Morgan fingerprint density at radius 2 is 1.89 bits per heavy atom. The predicted octanol–water partition coefficient (Wildman–Crippen LogP) is 2.80. The molecule has 0 bridgehead atoms. The molecular formula is C13H14F2N4. The number of nitrogen functional groups attached to an aromatic ring is 1. The Kier molecular flexibility index (Phi) is 3.91. The van der Waals surface area contributed by atoms with Crippen molar-refractivity contribution in [1.29, 1.82) is 0 Å². The minimum absolute atomic E-state index is 0.0306. The van der Waals surface area contributed by atoms with Gasteiger partial charge in [0.25, 0.3) is 0 Å². The second kappa shape index (κ2) is 5.62. The molecule has 0 fully saturated rings. The summed E-state index contributed by atoms with van der Waals surface area (Å²) in [4.78, 5) is 5.51. The lowest BCUT2D eigenvalue weighted by Gasteiger charge is -2.23. The van der Waals surface area contributed by atoms with Crippen LogP contribution in [0.4, 0.5) is 26.1 Å². The van der Waals surface area contributed by atoms with Gasteiger partial charge in [0.05, 0.1) is 0 Å². The lowest BCUT2D eigenvalue weighted by atomic mass is 10.2. The number of hydrogen-bond donors (Lipinski definition) is 2. The van der Waals surface area contributed by atoms with Gasteiger partial charge in [0, 0.05) is 18.3 Å². The second-order valence-corrected chi connectivity index (χ2v) is 3.85. The molecule has 19 heavy (non-hydrogen) atoms. The van der Waals surface area contributed by atoms with Crippen LogP contribution in [0.2, 0.25) is 0 Å². The molecule has 0 amide bonds. The zero-order valence-electron chi connectivity index (χ0n) is 10.4. The van der Waals surface area contributed by atoms with Gasteiger partial charge in [0.1, 0.15) is 0 Å². The Hall–Kier alpha value is -2.21. The minimum atomic E-state index is -0.826. The zero-order valence-corrected chi connectivity index (χ0v) is 10.4. The number of nitrogens with two attached hydrogens (primary N) is 1. The van der Waals surface area contributed by atoms with Gasteiger partial charge in [0.15, 0.2) is 23.3 Å². The van der Waals surface area contributed by atoms with E-state index >= 15 is 0 Å². The first-order chi connectivity index (χ1) is 9.17. The fourth-order valence-corrected chi connectivity index (χ4v) is 1.81. The number of pyridine rings is 1. The lowest BCUT2D eigenvalue weighted by Crippen LogP contribution is -2.21. The van der Waals surface area contributed by atoms with E-state index in [1.165, 1.54) is 0 Å². The van der Waals surface area contributed by atoms with Gasteiger partial charge in [-0.3, -0.25) is 0 Å². The standard InChI is InChI=1S/C13H14F2N4/c1-2-19(9-6-4-3-5-7-9)13-11(15)8-10(14)12(17-13)18-16/h3-8H,2,16H2,1H3,(H,17,18). The maximum atomic E-state index is 13.9. The van der Waals surface area contributed by atoms with E-state index in [2.05, 4.69) is 10.4 Å². The number of aromatic nitrogens is 1. The number of hydrazine groups is 1. The lowest BCUT2D eigenvalue weighted by molar-refractivity contribution is 0.575. The van der Waals surface area contributed by atoms with Crippen LogP contribution in [0.3, 0.4) is 0 Å². The molecule has 1 aromatic heterocycles. The van der Waals surface area contributed by atoms with Crippen molar-refractivity contribution in [3.05, 3.63) is 48.0 Å². The molecule has 1 heterocycles. The molecule has 0 spiro atoms. The van der Waals surface area contributed by atoms with Gasteiger partial charge in [-0.1, -0.05) is 18.2 Å². The largest absolute Gasteiger partial charge is 0.324 e. The number of anilines is 3. The molecule has 6 heteroatoms. The first kappa shape index (κ1) is 13.2. The summed E-state index contributed by atoms with van der Waals surface area (Å²) in [6, 6.07) is 9.94. The summed E-state index contributed by atoms with van der Waals surface area (Å²) in [5.41, 5.74) is 2.88. The van der Waals surface area contributed by atoms with Crippen LogP contribution in [0, 0.1) is 11.6 Å². The van der Waals surface area contributed by atoms with Crippen LogP contribution in [-0.2, 0) is 0 Å². The highest BCUT2D eigenvalue weighted by Crippen LogP contribution is 2.28. The van der Waals surface area contributed by atoms with Crippen LogP contribution in [0.25, 0.3) is 0 Å². The third-order valence-electron chi connectivity index (χ3n) is 2.69. The molecule has 0 saturated carbocycles. The molecule has 2 aromatic rings. The molecule has 0 atom stereocenters. The Balaban J connectivity index is 2.50. The van der Waals surface area contributed by atoms with E-state index in [0.29, 0.717) is 6.54 Å². The molecule has 0 aliphatic heterocycles. The van der Waals surface area contributed by atoms with Crippen molar-refractivity contribution in [2.24, 2.45) is 5.84 Å². The molecular weight excluding hydrogens is 250 g/mol. The Morgan fingerprint density at radius 1 is 1.21 bits per heavy atom. The van der Waals surface area contributed by atoms with Gasteiger partial charge < -0.3 is 10.3 Å². The quantitative estimate of drug-likeness (QED) is 0.658. The first-order valence-corrected chi connectivity index (χ1v) is 5.82. The van der Waals surface area contributed by atoms with Crippen LogP contribution in [0.5, 0.6) is 0 Å². The van der Waals surface area contributed by atoms with Gasteiger partial charge in [-0.15, -0.1) is 0 Å². The highest BCUT2D eigenvalue weighted by molar-refractivity contribution is 5.62. The number of para-hydroxylation sites is 1. The van der Waals surface area contributed by atoms with Gasteiger partial charge in [0.2, 0.25) is 0 Å². The monoisotopic (exact) mass is 264 g/mol. The van der Waals surface area contributed by atoms with Gasteiger partial charge in [-0.05, 0) is 19.1 Å². The van der Waals surface area contributed by atoms with E-state index in [-0.39, 0.29) is 11.6 Å². The fourth-order valence-electron chi connectivity index (χ4n) is 1.81. The summed E-state index contributed by atoms with van der Waals surface area (Å²) < 4.78 is 27.2. The van der Waals surface area contributed by atoms with E-state index in [0.717, 1.165) is 11.8 Å². The third-order valence-corrected chi connectivity index (χ3v) is 2.69. The molecule has 100 valence electrons. The summed E-state index contributed by atoms with van der Waals surface area (Å²) in [7, 11) is 0. The maximum absolute atomic E-state index is 13.9. The van der Waals surface area contributed by atoms with E-state index in [1.54, 1.807) is 4.90 Å². The summed E-state index contributed by atoms with van der Waals surface area (Å²) in [5, 5.41) is 0. The number of rotatable bonds is 4. The van der Waals surface area contributed by atoms with Gasteiger partial charge in [-0.25, -0.2) is 19.6 Å². The van der Waals surface area contributed by atoms with Crippen molar-refractivity contribution in [1.82, 2.24) is 4.98 Å². The molecule has 4 nitrogen and oxygen atoms in total. The first-order valence-electron chi connectivity index (χ1n) is 5.82. The topological polar surface area (TPSA) is 54.2 Å². The van der Waals surface area contributed by atoms with Gasteiger partial charge >= 0.3 is 0 Å². The van der Waals surface area contributed by atoms with Crippen LogP contribution < -0.4 is 16.2 Å². The summed E-state index contributed by atoms with van der Waals surface area (Å²) in [6.07, 6.45) is 0. The van der Waals surface area contributed by atoms with Crippen LogP contribution in [-0.4, -0.2) is 11.5 Å². The van der Waals surface area contributed by atoms with E-state index in [1.807, 2.05) is 37.3 Å². The molecule has 0 aliphatic carbocycles. The highest BCUT2D eigenvalue weighted by atomic mass is 19.1. The maximum Gasteiger partial charge on any atom is 0.178 e. The minimum Gasteiger partial charge on any atom is -0.324 e. The number of nitrogens with one attached hydrogen (secondary N) is 1. The Bertz CT molecular complexity index is 560. The van der Waals surface area contributed by atoms with Crippen molar-refractivity contribution in [2.75, 3.05) is 16.9 Å². The molecule has 0 aliphatic rings.